The molecule has 0 atom stereocenters. The normalized spacial score (nSPS) is 14.3. The molecule has 0 bridgehead atoms. The minimum atomic E-state index is 0.272. The van der Waals surface area contributed by atoms with Gasteiger partial charge in [0.2, 0.25) is 0 Å². The predicted molar refractivity (Wildman–Crippen MR) is 93.7 cm³/mol. The summed E-state index contributed by atoms with van der Waals surface area (Å²) in [6.45, 7) is 0. The molecule has 0 radical (unpaired) electrons. The number of aromatic nitrogens is 1. The molecule has 4 rings (SSSR count). The summed E-state index contributed by atoms with van der Waals surface area (Å²) < 4.78 is 0. The molecule has 23 heavy (non-hydrogen) atoms. The number of aliphatic imine (C=N–C) groups is 1. The Kier molecular flexibility index (Phi) is 3.54. The second-order valence-electron chi connectivity index (χ2n) is 5.96. The molecule has 3 nitrogen and oxygen atoms in total. The van der Waals surface area contributed by atoms with Crippen LogP contribution in [0, 0.1) is 0 Å². The lowest BCUT2D eigenvalue weighted by atomic mass is 9.93. The van der Waals surface area contributed by atoms with Gasteiger partial charge in [0.15, 0.2) is 0 Å². The average Bonchev–Trinajstić information content (AvgIpc) is 2.60. The van der Waals surface area contributed by atoms with Crippen molar-refractivity contribution in [1.29, 1.82) is 0 Å². The van der Waals surface area contributed by atoms with Crippen LogP contribution in [0.3, 0.4) is 0 Å². The number of hydrogen-bond acceptors (Lipinski definition) is 3. The number of rotatable bonds is 2. The van der Waals surface area contributed by atoms with Gasteiger partial charge in [0, 0.05) is 17.3 Å². The number of benzene rings is 2. The number of phenols is 1. The summed E-state index contributed by atoms with van der Waals surface area (Å²) in [6.07, 6.45) is 6.38. The van der Waals surface area contributed by atoms with Gasteiger partial charge >= 0.3 is 0 Å². The third kappa shape index (κ3) is 2.70. The molecule has 3 heteroatoms. The molecule has 0 saturated carbocycles. The summed E-state index contributed by atoms with van der Waals surface area (Å²) in [5, 5.41) is 10.5. The number of hydrogen-bond donors (Lipinski definition) is 1. The Morgan fingerprint density at radius 2 is 1.74 bits per heavy atom. The highest BCUT2D eigenvalue weighted by molar-refractivity contribution is 5.95. The van der Waals surface area contributed by atoms with Crippen LogP contribution in [0.1, 0.15) is 29.7 Å². The van der Waals surface area contributed by atoms with Crippen LogP contribution in [0.15, 0.2) is 53.5 Å². The average molecular weight is 302 g/mol. The molecule has 2 aromatic carbocycles. The molecule has 1 aromatic heterocycles. The zero-order valence-corrected chi connectivity index (χ0v) is 12.9. The Bertz CT molecular complexity index is 882. The summed E-state index contributed by atoms with van der Waals surface area (Å²) in [7, 11) is 0. The van der Waals surface area contributed by atoms with Crippen LogP contribution in [0.4, 0.5) is 5.69 Å². The van der Waals surface area contributed by atoms with E-state index in [1.54, 1.807) is 12.1 Å². The van der Waals surface area contributed by atoms with Crippen LogP contribution in [0.5, 0.6) is 5.75 Å². The highest BCUT2D eigenvalue weighted by Crippen LogP contribution is 2.35. The van der Waals surface area contributed by atoms with Crippen molar-refractivity contribution in [2.24, 2.45) is 4.99 Å². The fraction of sp³-hybridized carbons (Fsp3) is 0.200. The second-order valence-corrected chi connectivity index (χ2v) is 5.96. The van der Waals surface area contributed by atoms with Gasteiger partial charge in [-0.05, 0) is 67.1 Å². The maximum atomic E-state index is 9.39. The number of aromatic hydroxyl groups is 1. The molecular weight excluding hydrogens is 284 g/mol. The third-order valence-electron chi connectivity index (χ3n) is 4.37. The lowest BCUT2D eigenvalue weighted by Crippen LogP contribution is -2.06. The van der Waals surface area contributed by atoms with E-state index >= 15 is 0 Å². The lowest BCUT2D eigenvalue weighted by Gasteiger charge is -2.18. The van der Waals surface area contributed by atoms with Gasteiger partial charge < -0.3 is 5.11 Å². The molecule has 0 saturated heterocycles. The van der Waals surface area contributed by atoms with E-state index in [1.165, 1.54) is 24.1 Å². The van der Waals surface area contributed by atoms with Crippen molar-refractivity contribution < 1.29 is 5.11 Å². The maximum absolute atomic E-state index is 9.39. The number of fused-ring (bicyclic) bond motifs is 2. The first kappa shape index (κ1) is 13.9. The molecule has 1 N–H and O–H groups in total. The van der Waals surface area contributed by atoms with E-state index in [0.717, 1.165) is 35.0 Å². The largest absolute Gasteiger partial charge is 0.508 e. The van der Waals surface area contributed by atoms with Gasteiger partial charge in [-0.25, -0.2) is 0 Å². The molecule has 1 aliphatic rings. The van der Waals surface area contributed by atoms with Crippen LogP contribution in [0.25, 0.3) is 10.9 Å². The van der Waals surface area contributed by atoms with Gasteiger partial charge in [0.05, 0.1) is 11.2 Å². The highest BCUT2D eigenvalue weighted by Gasteiger charge is 2.17. The number of nitrogens with zero attached hydrogens (tertiary/aromatic N) is 2. The van der Waals surface area contributed by atoms with E-state index in [2.05, 4.69) is 12.1 Å². The molecule has 114 valence electrons. The van der Waals surface area contributed by atoms with Gasteiger partial charge in [0.25, 0.3) is 0 Å². The van der Waals surface area contributed by atoms with Gasteiger partial charge in [-0.15, -0.1) is 0 Å². The Morgan fingerprint density at radius 3 is 2.61 bits per heavy atom. The summed E-state index contributed by atoms with van der Waals surface area (Å²) in [4.78, 5) is 9.64. The number of para-hydroxylation sites is 1. The third-order valence-corrected chi connectivity index (χ3v) is 4.37. The van der Waals surface area contributed by atoms with Crippen LogP contribution < -0.4 is 0 Å². The Morgan fingerprint density at radius 1 is 0.957 bits per heavy atom. The highest BCUT2D eigenvalue weighted by atomic mass is 16.3. The van der Waals surface area contributed by atoms with Gasteiger partial charge in [-0.2, -0.15) is 0 Å². The summed E-state index contributed by atoms with van der Waals surface area (Å²) in [5.41, 5.74) is 5.55. The van der Waals surface area contributed by atoms with E-state index in [-0.39, 0.29) is 5.75 Å². The van der Waals surface area contributed by atoms with Crippen molar-refractivity contribution in [1.82, 2.24) is 4.98 Å². The van der Waals surface area contributed by atoms with E-state index in [0.29, 0.717) is 0 Å². The van der Waals surface area contributed by atoms with Crippen molar-refractivity contribution in [3.8, 4) is 5.75 Å². The summed E-state index contributed by atoms with van der Waals surface area (Å²) in [5.74, 6) is 0.272. The van der Waals surface area contributed by atoms with Gasteiger partial charge in [-0.1, -0.05) is 18.2 Å². The molecule has 1 heterocycles. The smallest absolute Gasteiger partial charge is 0.115 e. The van der Waals surface area contributed by atoms with Crippen molar-refractivity contribution in [2.45, 2.75) is 25.7 Å². The predicted octanol–water partition coefficient (Wildman–Crippen LogP) is 4.57. The summed E-state index contributed by atoms with van der Waals surface area (Å²) >= 11 is 0. The first-order chi connectivity index (χ1) is 11.3. The minimum Gasteiger partial charge on any atom is -0.508 e. The fourth-order valence-corrected chi connectivity index (χ4v) is 3.19. The van der Waals surface area contributed by atoms with E-state index in [4.69, 9.17) is 9.98 Å². The molecule has 0 fully saturated rings. The molecule has 0 amide bonds. The quantitative estimate of drug-likeness (QED) is 0.705. The fourth-order valence-electron chi connectivity index (χ4n) is 3.19. The Hall–Kier alpha value is -2.68. The topological polar surface area (TPSA) is 45.5 Å². The van der Waals surface area contributed by atoms with Crippen LogP contribution >= 0.6 is 0 Å². The zero-order chi connectivity index (χ0) is 15.6. The van der Waals surface area contributed by atoms with E-state index < -0.39 is 0 Å². The molecule has 0 spiro atoms. The second kappa shape index (κ2) is 5.84. The Labute approximate surface area is 135 Å². The molecule has 1 aliphatic carbocycles. The molecular formula is C20H18N2O. The van der Waals surface area contributed by atoms with E-state index in [1.807, 2.05) is 30.5 Å². The van der Waals surface area contributed by atoms with E-state index in [9.17, 15) is 5.11 Å². The van der Waals surface area contributed by atoms with Crippen molar-refractivity contribution in [3.63, 3.8) is 0 Å². The first-order valence-electron chi connectivity index (χ1n) is 8.05. The lowest BCUT2D eigenvalue weighted by molar-refractivity contribution is 0.475. The number of aryl methyl sites for hydroxylation is 1. The number of phenolic OH excluding ortho intramolecular Hbond substituents is 1. The van der Waals surface area contributed by atoms with Crippen LogP contribution in [-0.4, -0.2) is 16.3 Å². The van der Waals surface area contributed by atoms with Crippen molar-refractivity contribution in [2.75, 3.05) is 0 Å². The SMILES string of the molecule is Oc1ccc(C=Nc2c3c(nc4ccccc24)CCCC3)cc1. The standard InChI is InChI=1S/C20H18N2O/c23-15-11-9-14(10-12-15)13-21-20-16-5-1-3-7-18(16)22-19-8-4-2-6-17(19)20/h1,3,5,7,9-13,23H,2,4,6,8H2. The van der Waals surface area contributed by atoms with Gasteiger partial charge in [-0.3, -0.25) is 9.98 Å². The van der Waals surface area contributed by atoms with Crippen LogP contribution in [0.2, 0.25) is 0 Å². The minimum absolute atomic E-state index is 0.272. The molecule has 0 aliphatic heterocycles. The van der Waals surface area contributed by atoms with Crippen molar-refractivity contribution >= 4 is 22.8 Å². The number of pyridine rings is 1. The van der Waals surface area contributed by atoms with Crippen molar-refractivity contribution in [3.05, 3.63) is 65.4 Å². The molecule has 0 unspecified atom stereocenters. The first-order valence-corrected chi connectivity index (χ1v) is 8.05. The Balaban J connectivity index is 1.85. The van der Waals surface area contributed by atoms with Gasteiger partial charge in [0.1, 0.15) is 5.75 Å². The zero-order valence-electron chi connectivity index (χ0n) is 12.9. The maximum Gasteiger partial charge on any atom is 0.115 e. The monoisotopic (exact) mass is 302 g/mol. The molecule has 3 aromatic rings. The summed E-state index contributed by atoms with van der Waals surface area (Å²) in [6, 6.07) is 15.3. The van der Waals surface area contributed by atoms with Crippen LogP contribution in [-0.2, 0) is 12.8 Å².